The number of unbranched alkanes of at least 4 members (excludes halogenated alkanes) is 5. The van der Waals surface area contributed by atoms with E-state index in [1.54, 1.807) is 0 Å². The number of carbonyl (C=O) groups excluding carboxylic acids is 4. The Labute approximate surface area is 345 Å². The van der Waals surface area contributed by atoms with Gasteiger partial charge in [0.15, 0.2) is 23.1 Å². The van der Waals surface area contributed by atoms with Crippen LogP contribution in [0.5, 0.6) is 0 Å². The maximum absolute atomic E-state index is 13.2. The van der Waals surface area contributed by atoms with Gasteiger partial charge in [-0.25, -0.2) is 0 Å². The van der Waals surface area contributed by atoms with Crippen molar-refractivity contribution in [2.75, 3.05) is 26.2 Å². The predicted molar refractivity (Wildman–Crippen MR) is 235 cm³/mol. The Hall–Kier alpha value is -1.48. The van der Waals surface area contributed by atoms with Crippen LogP contribution in [0.4, 0.5) is 0 Å². The summed E-state index contributed by atoms with van der Waals surface area (Å²) in [6, 6.07) is 0.720. The molecule has 0 aliphatic carbocycles. The average molecular weight is 787 g/mol. The van der Waals surface area contributed by atoms with Gasteiger partial charge in [0, 0.05) is 73.0 Å². The van der Waals surface area contributed by atoms with Crippen molar-refractivity contribution in [3.8, 4) is 0 Å². The summed E-state index contributed by atoms with van der Waals surface area (Å²) < 4.78 is 0. The standard InChI is InChI=1S/C48H90N4O4/c1-13-17-23-37(15-3)31-43(55)41(53)25-29-51(39-33-45(5,6)49-46(7,8)34-39)27-21-19-20-22-28-52(40-35-47(9,10)50-48(11,12)36-40)30-26-42(54)44(56)32-38(16-4)24-18-14-2/h37-40,49-50H,13-36H2,1-12H3. The molecule has 56 heavy (non-hydrogen) atoms. The second kappa shape index (κ2) is 23.9. The molecule has 2 aliphatic heterocycles. The first-order chi connectivity index (χ1) is 26.1. The van der Waals surface area contributed by atoms with Gasteiger partial charge in [-0.15, -0.1) is 0 Å². The van der Waals surface area contributed by atoms with Crippen LogP contribution < -0.4 is 10.6 Å². The number of hydrogen-bond acceptors (Lipinski definition) is 8. The van der Waals surface area contributed by atoms with Gasteiger partial charge in [-0.05, 0) is 119 Å². The third-order valence-electron chi connectivity index (χ3n) is 12.9. The van der Waals surface area contributed by atoms with Gasteiger partial charge in [0.25, 0.3) is 0 Å². The molecular weight excluding hydrogens is 697 g/mol. The Morgan fingerprint density at radius 3 is 1.09 bits per heavy atom. The highest BCUT2D eigenvalue weighted by Gasteiger charge is 2.41. The fraction of sp³-hybridized carbons (Fsp3) is 0.917. The molecule has 0 radical (unpaired) electrons. The lowest BCUT2D eigenvalue weighted by atomic mass is 9.78. The quantitative estimate of drug-likeness (QED) is 0.0572. The molecule has 2 aliphatic rings. The highest BCUT2D eigenvalue weighted by Crippen LogP contribution is 2.34. The van der Waals surface area contributed by atoms with Crippen LogP contribution in [0.1, 0.15) is 212 Å². The van der Waals surface area contributed by atoms with Crippen LogP contribution in [0, 0.1) is 11.8 Å². The van der Waals surface area contributed by atoms with Crippen molar-refractivity contribution in [2.24, 2.45) is 11.8 Å². The number of hydrogen-bond donors (Lipinski definition) is 2. The fourth-order valence-electron chi connectivity index (χ4n) is 10.4. The molecule has 2 atom stereocenters. The smallest absolute Gasteiger partial charge is 0.199 e. The van der Waals surface area contributed by atoms with Crippen LogP contribution in [-0.4, -0.2) is 93.4 Å². The third kappa shape index (κ3) is 19.1. The molecule has 0 saturated carbocycles. The van der Waals surface area contributed by atoms with E-state index in [2.05, 4.69) is 104 Å². The summed E-state index contributed by atoms with van der Waals surface area (Å²) >= 11 is 0. The van der Waals surface area contributed by atoms with Crippen molar-refractivity contribution in [1.29, 1.82) is 0 Å². The highest BCUT2D eigenvalue weighted by molar-refractivity contribution is 6.37. The molecule has 2 unspecified atom stereocenters. The first kappa shape index (κ1) is 50.7. The van der Waals surface area contributed by atoms with Crippen LogP contribution in [0.15, 0.2) is 0 Å². The van der Waals surface area contributed by atoms with E-state index in [0.717, 1.165) is 116 Å². The Morgan fingerprint density at radius 1 is 0.482 bits per heavy atom. The predicted octanol–water partition coefficient (Wildman–Crippen LogP) is 10.0. The van der Waals surface area contributed by atoms with Crippen LogP contribution in [-0.2, 0) is 19.2 Å². The molecule has 326 valence electrons. The molecule has 0 amide bonds. The minimum Gasteiger partial charge on any atom is -0.307 e. The van der Waals surface area contributed by atoms with Crippen molar-refractivity contribution in [3.63, 3.8) is 0 Å². The zero-order chi connectivity index (χ0) is 42.2. The monoisotopic (exact) mass is 787 g/mol. The van der Waals surface area contributed by atoms with E-state index < -0.39 is 0 Å². The zero-order valence-electron chi connectivity index (χ0n) is 38.8. The Morgan fingerprint density at radius 2 is 0.804 bits per heavy atom. The number of nitrogens with one attached hydrogen (secondary N) is 2. The summed E-state index contributed by atoms with van der Waals surface area (Å²) in [6.07, 6.45) is 18.2. The number of nitrogens with zero attached hydrogens (tertiary/aromatic N) is 2. The summed E-state index contributed by atoms with van der Waals surface area (Å²) in [5, 5.41) is 7.64. The Balaban J connectivity index is 2.05. The third-order valence-corrected chi connectivity index (χ3v) is 12.9. The Kier molecular flexibility index (Phi) is 21.7. The van der Waals surface area contributed by atoms with Gasteiger partial charge in [0.1, 0.15) is 0 Å². The molecule has 8 nitrogen and oxygen atoms in total. The molecule has 8 heteroatoms. The van der Waals surface area contributed by atoms with Gasteiger partial charge >= 0.3 is 0 Å². The number of carbonyl (C=O) groups is 4. The SMILES string of the molecule is CCCCC(CC)CC(=O)C(=O)CCN(CCCCCCN(CCC(=O)C(=O)CC(CC)CCCC)C1CC(C)(C)NC(C)(C)C1)C1CC(C)(C)NC(C)(C)C1. The van der Waals surface area contributed by atoms with E-state index in [0.29, 0.717) is 62.7 Å². The lowest BCUT2D eigenvalue weighted by molar-refractivity contribution is -0.137. The average Bonchev–Trinajstić information content (AvgIpc) is 3.08. The molecule has 2 heterocycles. The van der Waals surface area contributed by atoms with E-state index in [-0.39, 0.29) is 45.3 Å². The zero-order valence-corrected chi connectivity index (χ0v) is 38.8. The van der Waals surface area contributed by atoms with Gasteiger partial charge < -0.3 is 10.6 Å². The molecule has 0 aromatic heterocycles. The normalized spacial score (nSPS) is 20.6. The number of ketones is 4. The molecular formula is C48H90N4O4. The molecule has 0 aromatic rings. The van der Waals surface area contributed by atoms with Crippen LogP contribution in [0.25, 0.3) is 0 Å². The fourth-order valence-corrected chi connectivity index (χ4v) is 10.4. The van der Waals surface area contributed by atoms with E-state index >= 15 is 0 Å². The molecule has 0 aromatic carbocycles. The van der Waals surface area contributed by atoms with E-state index in [4.69, 9.17) is 0 Å². The lowest BCUT2D eigenvalue weighted by Crippen LogP contribution is -2.62. The van der Waals surface area contributed by atoms with E-state index in [1.807, 2.05) is 0 Å². The molecule has 2 rings (SSSR count). The second-order valence-electron chi connectivity index (χ2n) is 20.8. The minimum absolute atomic E-state index is 0.00188. The van der Waals surface area contributed by atoms with Gasteiger partial charge in [0.2, 0.25) is 0 Å². The molecule has 0 bridgehead atoms. The van der Waals surface area contributed by atoms with Gasteiger partial charge in [-0.3, -0.25) is 29.0 Å². The van der Waals surface area contributed by atoms with Crippen LogP contribution in [0.3, 0.4) is 0 Å². The summed E-state index contributed by atoms with van der Waals surface area (Å²) in [5.41, 5.74) is -0.00751. The summed E-state index contributed by atoms with van der Waals surface area (Å²) in [5.74, 6) is -0.102. The first-order valence-electron chi connectivity index (χ1n) is 23.3. The molecule has 2 fully saturated rings. The summed E-state index contributed by atoms with van der Waals surface area (Å²) in [7, 11) is 0. The number of piperidine rings is 2. The van der Waals surface area contributed by atoms with E-state index in [9.17, 15) is 19.2 Å². The van der Waals surface area contributed by atoms with Gasteiger partial charge in [0.05, 0.1) is 0 Å². The molecule has 0 spiro atoms. The largest absolute Gasteiger partial charge is 0.307 e. The lowest BCUT2D eigenvalue weighted by Gasteiger charge is -2.50. The maximum atomic E-state index is 13.2. The van der Waals surface area contributed by atoms with Crippen LogP contribution in [0.2, 0.25) is 0 Å². The van der Waals surface area contributed by atoms with Crippen molar-refractivity contribution in [3.05, 3.63) is 0 Å². The Bertz CT molecular complexity index is 1090. The number of rotatable bonds is 29. The van der Waals surface area contributed by atoms with Crippen molar-refractivity contribution in [2.45, 2.75) is 246 Å². The van der Waals surface area contributed by atoms with E-state index in [1.165, 1.54) is 0 Å². The number of Topliss-reactive ketones (excluding diaryl/α,β-unsaturated/α-hetero) is 4. The van der Waals surface area contributed by atoms with Crippen molar-refractivity contribution >= 4 is 23.1 Å². The second-order valence-corrected chi connectivity index (χ2v) is 20.8. The first-order valence-corrected chi connectivity index (χ1v) is 23.3. The van der Waals surface area contributed by atoms with Crippen molar-refractivity contribution in [1.82, 2.24) is 20.4 Å². The maximum Gasteiger partial charge on any atom is 0.199 e. The summed E-state index contributed by atoms with van der Waals surface area (Å²) in [4.78, 5) is 57.5. The van der Waals surface area contributed by atoms with Gasteiger partial charge in [-0.1, -0.05) is 91.9 Å². The van der Waals surface area contributed by atoms with Crippen LogP contribution >= 0.6 is 0 Å². The summed E-state index contributed by atoms with van der Waals surface area (Å²) in [6.45, 7) is 30.0. The molecule has 2 saturated heterocycles. The van der Waals surface area contributed by atoms with Crippen molar-refractivity contribution < 1.29 is 19.2 Å². The van der Waals surface area contributed by atoms with Gasteiger partial charge in [-0.2, -0.15) is 0 Å². The molecule has 2 N–H and O–H groups in total. The topological polar surface area (TPSA) is 98.8 Å². The highest BCUT2D eigenvalue weighted by atomic mass is 16.2. The minimum atomic E-state index is -0.191.